The maximum Gasteiger partial charge on any atom is 0.265 e. The maximum atomic E-state index is 13.0. The minimum atomic E-state index is -0.821. The van der Waals surface area contributed by atoms with E-state index in [2.05, 4.69) is 21.2 Å². The van der Waals surface area contributed by atoms with Crippen molar-refractivity contribution in [2.75, 3.05) is 5.32 Å². The first kappa shape index (κ1) is 17.3. The number of hydrogen-bond acceptors (Lipinski definition) is 3. The van der Waals surface area contributed by atoms with E-state index in [-0.39, 0.29) is 5.56 Å². The molecular formula is C16H11BrClFN2O2. The van der Waals surface area contributed by atoms with Crippen LogP contribution in [0.25, 0.3) is 0 Å². The van der Waals surface area contributed by atoms with E-state index in [1.165, 1.54) is 30.3 Å². The molecule has 0 aromatic heterocycles. The predicted molar refractivity (Wildman–Crippen MR) is 89.0 cm³/mol. The van der Waals surface area contributed by atoms with Gasteiger partial charge >= 0.3 is 0 Å². The van der Waals surface area contributed by atoms with Crippen molar-refractivity contribution in [2.45, 2.75) is 13.0 Å². The smallest absolute Gasteiger partial charge is 0.265 e. The van der Waals surface area contributed by atoms with Gasteiger partial charge in [-0.1, -0.05) is 11.6 Å². The van der Waals surface area contributed by atoms with E-state index in [1.807, 2.05) is 6.07 Å². The van der Waals surface area contributed by atoms with Crippen LogP contribution in [0.15, 0.2) is 40.9 Å². The largest absolute Gasteiger partial charge is 0.480 e. The molecule has 0 saturated heterocycles. The highest BCUT2D eigenvalue weighted by Crippen LogP contribution is 2.26. The zero-order chi connectivity index (χ0) is 17.0. The van der Waals surface area contributed by atoms with Crippen molar-refractivity contribution in [3.05, 3.63) is 57.3 Å². The number of carbonyl (C=O) groups is 1. The van der Waals surface area contributed by atoms with E-state index in [4.69, 9.17) is 21.6 Å². The van der Waals surface area contributed by atoms with E-state index in [9.17, 15) is 9.18 Å². The summed E-state index contributed by atoms with van der Waals surface area (Å²) in [5, 5.41) is 11.9. The molecule has 0 aliphatic carbocycles. The van der Waals surface area contributed by atoms with Crippen LogP contribution >= 0.6 is 27.5 Å². The van der Waals surface area contributed by atoms with Crippen LogP contribution in [0.2, 0.25) is 5.02 Å². The van der Waals surface area contributed by atoms with E-state index in [1.54, 1.807) is 13.0 Å². The van der Waals surface area contributed by atoms with Gasteiger partial charge in [-0.25, -0.2) is 4.39 Å². The van der Waals surface area contributed by atoms with Crippen molar-refractivity contribution >= 4 is 39.1 Å². The summed E-state index contributed by atoms with van der Waals surface area (Å²) >= 11 is 9.01. The number of anilines is 1. The molecule has 118 valence electrons. The molecule has 1 atom stereocenters. The third kappa shape index (κ3) is 4.44. The second-order valence-corrected chi connectivity index (χ2v) is 5.89. The standard InChI is InChI=1S/C16H11BrClFN2O2/c1-9(23-15-5-2-11(19)7-13(15)17)16(22)21-12-3-4-14(18)10(6-12)8-20/h2-7,9H,1H3,(H,21,22). The summed E-state index contributed by atoms with van der Waals surface area (Å²) in [6, 6.07) is 10.4. The molecule has 0 aliphatic rings. The summed E-state index contributed by atoms with van der Waals surface area (Å²) in [6.07, 6.45) is -0.821. The normalized spacial score (nSPS) is 11.4. The minimum Gasteiger partial charge on any atom is -0.480 e. The first-order valence-electron chi connectivity index (χ1n) is 6.53. The van der Waals surface area contributed by atoms with E-state index in [0.29, 0.717) is 20.9 Å². The highest BCUT2D eigenvalue weighted by Gasteiger charge is 2.17. The number of rotatable bonds is 4. The molecule has 2 rings (SSSR count). The fourth-order valence-corrected chi connectivity index (χ4v) is 2.35. The lowest BCUT2D eigenvalue weighted by Crippen LogP contribution is -2.30. The van der Waals surface area contributed by atoms with Crippen LogP contribution in [0.3, 0.4) is 0 Å². The zero-order valence-electron chi connectivity index (χ0n) is 11.9. The minimum absolute atomic E-state index is 0.263. The van der Waals surface area contributed by atoms with Crippen LogP contribution in [-0.4, -0.2) is 12.0 Å². The Morgan fingerprint density at radius 2 is 2.13 bits per heavy atom. The second-order valence-electron chi connectivity index (χ2n) is 4.63. The van der Waals surface area contributed by atoms with Gasteiger partial charge in [-0.05, 0) is 59.3 Å². The Labute approximate surface area is 146 Å². The van der Waals surface area contributed by atoms with Gasteiger partial charge in [-0.15, -0.1) is 0 Å². The maximum absolute atomic E-state index is 13.0. The van der Waals surface area contributed by atoms with Gasteiger partial charge in [-0.3, -0.25) is 4.79 Å². The Kier molecular flexibility index (Phi) is 5.59. The average molecular weight is 398 g/mol. The van der Waals surface area contributed by atoms with Gasteiger partial charge in [-0.2, -0.15) is 5.26 Å². The van der Waals surface area contributed by atoms with E-state index >= 15 is 0 Å². The number of nitriles is 1. The molecule has 23 heavy (non-hydrogen) atoms. The van der Waals surface area contributed by atoms with Crippen LogP contribution < -0.4 is 10.1 Å². The van der Waals surface area contributed by atoms with Gasteiger partial charge in [0, 0.05) is 5.69 Å². The number of nitrogens with one attached hydrogen (secondary N) is 1. The summed E-state index contributed by atoms with van der Waals surface area (Å²) in [7, 11) is 0. The van der Waals surface area contributed by atoms with Gasteiger partial charge in [0.2, 0.25) is 0 Å². The fraction of sp³-hybridized carbons (Fsp3) is 0.125. The van der Waals surface area contributed by atoms with Crippen molar-refractivity contribution in [1.82, 2.24) is 0 Å². The molecule has 0 radical (unpaired) electrons. The molecule has 1 unspecified atom stereocenters. The molecule has 4 nitrogen and oxygen atoms in total. The van der Waals surface area contributed by atoms with Crippen LogP contribution in [0.5, 0.6) is 5.75 Å². The third-order valence-electron chi connectivity index (χ3n) is 2.92. The van der Waals surface area contributed by atoms with Gasteiger partial charge in [0.05, 0.1) is 15.1 Å². The quantitative estimate of drug-likeness (QED) is 0.825. The average Bonchev–Trinajstić information content (AvgIpc) is 2.51. The third-order valence-corrected chi connectivity index (χ3v) is 3.87. The summed E-state index contributed by atoms with van der Waals surface area (Å²) in [4.78, 5) is 12.1. The monoisotopic (exact) mass is 396 g/mol. The molecule has 0 heterocycles. The lowest BCUT2D eigenvalue weighted by Gasteiger charge is -2.16. The second kappa shape index (κ2) is 7.44. The lowest BCUT2D eigenvalue weighted by molar-refractivity contribution is -0.122. The van der Waals surface area contributed by atoms with Gasteiger partial charge < -0.3 is 10.1 Å². The SMILES string of the molecule is CC(Oc1ccc(F)cc1Br)C(=O)Nc1ccc(Cl)c(C#N)c1. The Hall–Kier alpha value is -2.10. The van der Waals surface area contributed by atoms with Crippen molar-refractivity contribution in [3.8, 4) is 11.8 Å². The number of ether oxygens (including phenoxy) is 1. The Morgan fingerprint density at radius 1 is 1.39 bits per heavy atom. The molecule has 7 heteroatoms. The van der Waals surface area contributed by atoms with Crippen LogP contribution in [0.1, 0.15) is 12.5 Å². The van der Waals surface area contributed by atoms with Crippen molar-refractivity contribution < 1.29 is 13.9 Å². The van der Waals surface area contributed by atoms with Crippen molar-refractivity contribution in [3.63, 3.8) is 0 Å². The first-order chi connectivity index (χ1) is 10.9. The number of amides is 1. The zero-order valence-corrected chi connectivity index (χ0v) is 14.3. The summed E-state index contributed by atoms with van der Waals surface area (Å²) in [5.41, 5.74) is 0.698. The van der Waals surface area contributed by atoms with Crippen LogP contribution in [0.4, 0.5) is 10.1 Å². The number of benzene rings is 2. The molecule has 2 aromatic rings. The number of nitrogens with zero attached hydrogens (tertiary/aromatic N) is 1. The van der Waals surface area contributed by atoms with E-state index in [0.717, 1.165) is 0 Å². The summed E-state index contributed by atoms with van der Waals surface area (Å²) in [5.74, 6) is -0.471. The van der Waals surface area contributed by atoms with E-state index < -0.39 is 17.8 Å². The highest BCUT2D eigenvalue weighted by atomic mass is 79.9. The summed E-state index contributed by atoms with van der Waals surface area (Å²) in [6.45, 7) is 1.56. The van der Waals surface area contributed by atoms with Gasteiger partial charge in [0.25, 0.3) is 5.91 Å². The molecule has 0 fully saturated rings. The number of carbonyl (C=O) groups excluding carboxylic acids is 1. The van der Waals surface area contributed by atoms with Crippen molar-refractivity contribution in [1.29, 1.82) is 5.26 Å². The molecule has 1 N–H and O–H groups in total. The van der Waals surface area contributed by atoms with Gasteiger partial charge in [0.15, 0.2) is 6.10 Å². The first-order valence-corrected chi connectivity index (χ1v) is 7.70. The lowest BCUT2D eigenvalue weighted by atomic mass is 10.2. The Morgan fingerprint density at radius 3 is 2.78 bits per heavy atom. The molecule has 0 spiro atoms. The number of hydrogen-bond donors (Lipinski definition) is 1. The molecule has 0 bridgehead atoms. The molecule has 0 aliphatic heterocycles. The van der Waals surface area contributed by atoms with Crippen molar-refractivity contribution in [2.24, 2.45) is 0 Å². The molecule has 1 amide bonds. The highest BCUT2D eigenvalue weighted by molar-refractivity contribution is 9.10. The fourth-order valence-electron chi connectivity index (χ4n) is 1.75. The topological polar surface area (TPSA) is 62.1 Å². The predicted octanol–water partition coefficient (Wildman–Crippen LogP) is 4.52. The molecular weight excluding hydrogens is 387 g/mol. The van der Waals surface area contributed by atoms with Crippen LogP contribution in [0, 0.1) is 17.1 Å². The molecule has 0 saturated carbocycles. The Balaban J connectivity index is 2.07. The summed E-state index contributed by atoms with van der Waals surface area (Å²) < 4.78 is 18.9. The van der Waals surface area contributed by atoms with Gasteiger partial charge in [0.1, 0.15) is 17.6 Å². The Bertz CT molecular complexity index is 792. The van der Waals surface area contributed by atoms with Crippen LogP contribution in [-0.2, 0) is 4.79 Å². The molecule has 2 aromatic carbocycles. The number of halogens is 3.